The molecule has 1 aliphatic rings. The van der Waals surface area contributed by atoms with Gasteiger partial charge in [-0.05, 0) is 86.8 Å². The predicted molar refractivity (Wildman–Crippen MR) is 130 cm³/mol. The van der Waals surface area contributed by atoms with Gasteiger partial charge in [0, 0.05) is 0 Å². The highest BCUT2D eigenvalue weighted by Crippen LogP contribution is 2.36. The van der Waals surface area contributed by atoms with E-state index in [1.165, 1.54) is 0 Å². The normalized spacial score (nSPS) is 14.3. The molecular formula is C24H14Br2ClNO4. The number of benzene rings is 3. The Balaban J connectivity index is 1.60. The Hall–Kier alpha value is -2.74. The maximum atomic E-state index is 12.5. The van der Waals surface area contributed by atoms with Crippen molar-refractivity contribution >= 4 is 67.4 Å². The summed E-state index contributed by atoms with van der Waals surface area (Å²) in [6, 6.07) is 17.6. The Labute approximate surface area is 206 Å². The number of carbonyl (C=O) groups excluding carboxylic acids is 2. The third kappa shape index (κ3) is 4.85. The lowest BCUT2D eigenvalue weighted by Gasteiger charge is -2.10. The summed E-state index contributed by atoms with van der Waals surface area (Å²) < 4.78 is 11.9. The van der Waals surface area contributed by atoms with Crippen molar-refractivity contribution in [2.75, 3.05) is 0 Å². The highest BCUT2D eigenvalue weighted by atomic mass is 79.9. The molecule has 32 heavy (non-hydrogen) atoms. The number of nitrogens with zero attached hydrogens (tertiary/aromatic N) is 1. The highest BCUT2D eigenvalue weighted by Gasteiger charge is 2.25. The van der Waals surface area contributed by atoms with Crippen LogP contribution in [-0.4, -0.2) is 17.8 Å². The van der Waals surface area contributed by atoms with E-state index in [0.29, 0.717) is 36.4 Å². The zero-order valence-corrected chi connectivity index (χ0v) is 20.5. The maximum absolute atomic E-state index is 12.5. The molecule has 0 saturated carbocycles. The van der Waals surface area contributed by atoms with Crippen molar-refractivity contribution in [3.05, 3.63) is 103 Å². The van der Waals surface area contributed by atoms with Crippen molar-refractivity contribution in [3.63, 3.8) is 0 Å². The number of esters is 2. The first kappa shape index (κ1) is 22.5. The van der Waals surface area contributed by atoms with Gasteiger partial charge in [0.05, 0.1) is 25.1 Å². The Morgan fingerprint density at radius 2 is 1.78 bits per heavy atom. The third-order valence-electron chi connectivity index (χ3n) is 4.50. The van der Waals surface area contributed by atoms with Gasteiger partial charge in [-0.2, -0.15) is 0 Å². The summed E-state index contributed by atoms with van der Waals surface area (Å²) in [5.74, 6) is -0.585. The molecule has 1 aliphatic heterocycles. The fourth-order valence-corrected chi connectivity index (χ4v) is 4.60. The molecule has 0 aliphatic carbocycles. The first-order chi connectivity index (χ1) is 15.3. The van der Waals surface area contributed by atoms with Crippen molar-refractivity contribution in [3.8, 4) is 5.75 Å². The summed E-state index contributed by atoms with van der Waals surface area (Å²) >= 11 is 13.0. The second kappa shape index (κ2) is 9.40. The number of cyclic esters (lactones) is 1. The second-order valence-electron chi connectivity index (χ2n) is 6.89. The van der Waals surface area contributed by atoms with Crippen LogP contribution in [0.1, 0.15) is 27.0 Å². The van der Waals surface area contributed by atoms with E-state index in [2.05, 4.69) is 36.9 Å². The molecule has 0 unspecified atom stereocenters. The zero-order valence-electron chi connectivity index (χ0n) is 16.6. The molecule has 0 saturated heterocycles. The molecule has 4 rings (SSSR count). The monoisotopic (exact) mass is 573 g/mol. The average molecular weight is 576 g/mol. The molecule has 0 atom stereocenters. The predicted octanol–water partition coefficient (Wildman–Crippen LogP) is 6.74. The van der Waals surface area contributed by atoms with Crippen molar-refractivity contribution in [2.24, 2.45) is 4.99 Å². The number of hydrogen-bond acceptors (Lipinski definition) is 5. The molecule has 0 spiro atoms. The van der Waals surface area contributed by atoms with Crippen molar-refractivity contribution < 1.29 is 19.1 Å². The van der Waals surface area contributed by atoms with E-state index < -0.39 is 11.9 Å². The van der Waals surface area contributed by atoms with Gasteiger partial charge in [0.2, 0.25) is 5.90 Å². The lowest BCUT2D eigenvalue weighted by atomic mass is 10.1. The summed E-state index contributed by atoms with van der Waals surface area (Å²) in [7, 11) is 0. The lowest BCUT2D eigenvalue weighted by molar-refractivity contribution is -0.129. The van der Waals surface area contributed by atoms with E-state index in [4.69, 9.17) is 21.1 Å². The largest absolute Gasteiger partial charge is 0.421 e. The van der Waals surface area contributed by atoms with Crippen LogP contribution in [0.25, 0.3) is 6.08 Å². The summed E-state index contributed by atoms with van der Waals surface area (Å²) in [4.78, 5) is 29.1. The lowest BCUT2D eigenvalue weighted by Crippen LogP contribution is -2.09. The number of halogens is 3. The van der Waals surface area contributed by atoms with Crippen LogP contribution in [0.4, 0.5) is 0 Å². The van der Waals surface area contributed by atoms with Crippen molar-refractivity contribution in [2.45, 2.75) is 6.92 Å². The molecule has 8 heteroatoms. The van der Waals surface area contributed by atoms with E-state index in [1.807, 2.05) is 13.0 Å². The SMILES string of the molecule is Cc1cccc(C(=O)Oc2c(Br)cc(/C=C3\N=C(c4ccccc4Cl)OC3=O)cc2Br)c1. The average Bonchev–Trinajstić information content (AvgIpc) is 3.11. The van der Waals surface area contributed by atoms with Crippen molar-refractivity contribution in [1.82, 2.24) is 0 Å². The van der Waals surface area contributed by atoms with Gasteiger partial charge in [-0.1, -0.05) is 41.4 Å². The maximum Gasteiger partial charge on any atom is 0.363 e. The third-order valence-corrected chi connectivity index (χ3v) is 6.00. The van der Waals surface area contributed by atoms with Gasteiger partial charge in [-0.25, -0.2) is 14.6 Å². The van der Waals surface area contributed by atoms with Crippen LogP contribution in [-0.2, 0) is 9.53 Å². The van der Waals surface area contributed by atoms with Gasteiger partial charge in [0.1, 0.15) is 0 Å². The van der Waals surface area contributed by atoms with Crippen molar-refractivity contribution in [1.29, 1.82) is 0 Å². The number of aryl methyl sites for hydroxylation is 1. The van der Waals surface area contributed by atoms with Gasteiger partial charge in [0.15, 0.2) is 11.4 Å². The standard InChI is InChI=1S/C24H14Br2ClNO4/c1-13-5-4-6-15(9-13)23(29)31-21-17(25)10-14(11-18(21)26)12-20-24(30)32-22(28-20)16-7-2-3-8-19(16)27/h2-12H,1H3/b20-12-. The second-order valence-corrected chi connectivity index (χ2v) is 9.00. The molecule has 0 bridgehead atoms. The summed E-state index contributed by atoms with van der Waals surface area (Å²) in [5, 5.41) is 0.436. The summed E-state index contributed by atoms with van der Waals surface area (Å²) in [6.07, 6.45) is 1.58. The van der Waals surface area contributed by atoms with Crippen LogP contribution in [0.5, 0.6) is 5.75 Å². The number of hydrogen-bond donors (Lipinski definition) is 0. The fourth-order valence-electron chi connectivity index (χ4n) is 3.00. The Morgan fingerprint density at radius 1 is 1.06 bits per heavy atom. The van der Waals surface area contributed by atoms with E-state index in [-0.39, 0.29) is 11.6 Å². The van der Waals surface area contributed by atoms with Crippen LogP contribution in [0, 0.1) is 6.92 Å². The molecule has 5 nitrogen and oxygen atoms in total. The Bertz CT molecular complexity index is 1290. The molecule has 1 heterocycles. The molecular weight excluding hydrogens is 562 g/mol. The van der Waals surface area contributed by atoms with Gasteiger partial charge in [-0.15, -0.1) is 0 Å². The number of ether oxygens (including phenoxy) is 2. The molecule has 0 N–H and O–H groups in total. The van der Waals surface area contributed by atoms with Gasteiger partial charge < -0.3 is 9.47 Å². The summed E-state index contributed by atoms with van der Waals surface area (Å²) in [5.41, 5.74) is 2.72. The fraction of sp³-hybridized carbons (Fsp3) is 0.0417. The molecule has 0 radical (unpaired) electrons. The Kier molecular flexibility index (Phi) is 6.60. The van der Waals surface area contributed by atoms with E-state index >= 15 is 0 Å². The van der Waals surface area contributed by atoms with E-state index in [1.54, 1.807) is 60.7 Å². The zero-order chi connectivity index (χ0) is 22.8. The van der Waals surface area contributed by atoms with Crippen LogP contribution in [0.3, 0.4) is 0 Å². The molecule has 160 valence electrons. The van der Waals surface area contributed by atoms with Crippen LogP contribution in [0.2, 0.25) is 5.02 Å². The summed E-state index contributed by atoms with van der Waals surface area (Å²) in [6.45, 7) is 1.90. The van der Waals surface area contributed by atoms with Crippen LogP contribution in [0.15, 0.2) is 80.3 Å². The number of aliphatic imine (C=N–C) groups is 1. The molecule has 3 aromatic rings. The topological polar surface area (TPSA) is 65.0 Å². The minimum absolute atomic E-state index is 0.128. The van der Waals surface area contributed by atoms with E-state index in [9.17, 15) is 9.59 Å². The molecule has 0 aromatic heterocycles. The molecule has 3 aromatic carbocycles. The first-order valence-corrected chi connectivity index (χ1v) is 11.3. The minimum Gasteiger partial charge on any atom is -0.421 e. The van der Waals surface area contributed by atoms with E-state index in [0.717, 1.165) is 5.56 Å². The minimum atomic E-state index is -0.581. The van der Waals surface area contributed by atoms with Crippen LogP contribution < -0.4 is 4.74 Å². The van der Waals surface area contributed by atoms with Gasteiger partial charge in [0.25, 0.3) is 0 Å². The van der Waals surface area contributed by atoms with Gasteiger partial charge in [-0.3, -0.25) is 0 Å². The highest BCUT2D eigenvalue weighted by molar-refractivity contribution is 9.11. The molecule has 0 fully saturated rings. The molecule has 0 amide bonds. The quantitative estimate of drug-likeness (QED) is 0.196. The number of carbonyl (C=O) groups is 2. The van der Waals surface area contributed by atoms with Crippen LogP contribution >= 0.6 is 43.5 Å². The first-order valence-electron chi connectivity index (χ1n) is 9.37. The number of rotatable bonds is 4. The smallest absolute Gasteiger partial charge is 0.363 e. The van der Waals surface area contributed by atoms with Gasteiger partial charge >= 0.3 is 11.9 Å². The Morgan fingerprint density at radius 3 is 2.47 bits per heavy atom.